The predicted octanol–water partition coefficient (Wildman–Crippen LogP) is -0.167. The molecule has 1 saturated heterocycles. The molecule has 1 aliphatic rings. The highest BCUT2D eigenvalue weighted by atomic mass is 31.3. The SMILES string of the molecule is C=C[C@H]1[C@@H](C)[C@H](n2ccc(N)nc2=O)O[C@]1(CN)COP(=O)(O)OP(=O)(O)OP(=O)(O)O. The van der Waals surface area contributed by atoms with Gasteiger partial charge in [0.15, 0.2) is 0 Å². The Bertz CT molecular complexity index is 1060. The second kappa shape index (κ2) is 9.55. The van der Waals surface area contributed by atoms with E-state index < -0.39 is 59.4 Å². The van der Waals surface area contributed by atoms with Crippen molar-refractivity contribution in [2.75, 3.05) is 18.9 Å². The smallest absolute Gasteiger partial charge is 0.383 e. The van der Waals surface area contributed by atoms with Crippen LogP contribution in [0.4, 0.5) is 5.82 Å². The van der Waals surface area contributed by atoms with E-state index in [9.17, 15) is 28.3 Å². The van der Waals surface area contributed by atoms with E-state index in [2.05, 4.69) is 20.2 Å². The minimum Gasteiger partial charge on any atom is -0.383 e. The number of rotatable bonds is 10. The molecule has 8 N–H and O–H groups in total. The minimum absolute atomic E-state index is 0.0186. The van der Waals surface area contributed by atoms with Gasteiger partial charge in [0.05, 0.1) is 6.61 Å². The number of nitrogens with two attached hydrogens (primary N) is 2. The molecule has 32 heavy (non-hydrogen) atoms. The van der Waals surface area contributed by atoms with Gasteiger partial charge in [0, 0.05) is 24.6 Å². The normalized spacial score (nSPS) is 29.9. The summed E-state index contributed by atoms with van der Waals surface area (Å²) in [5, 5.41) is 0. The maximum absolute atomic E-state index is 12.2. The minimum atomic E-state index is -5.69. The summed E-state index contributed by atoms with van der Waals surface area (Å²) >= 11 is 0. The van der Waals surface area contributed by atoms with E-state index in [4.69, 9.17) is 30.5 Å². The van der Waals surface area contributed by atoms with Gasteiger partial charge in [0.2, 0.25) is 0 Å². The van der Waals surface area contributed by atoms with Gasteiger partial charge in [-0.1, -0.05) is 13.0 Å². The zero-order valence-electron chi connectivity index (χ0n) is 16.5. The van der Waals surface area contributed by atoms with Crippen LogP contribution in [0, 0.1) is 11.8 Å². The standard InChI is InChI=1S/C13H23N4O12P3/c1-3-9-8(2)11(17-5-4-10(15)16-12(17)18)27-13(9,6-14)7-26-31(22,23)29-32(24,25)28-30(19,20)21/h3-5,8-9,11H,1,6-7,14H2,2H3,(H,22,23)(H,24,25)(H2,15,16,18)(H2,19,20,21)/t8-,9+,11-,13-/m1/s1. The Labute approximate surface area is 181 Å². The molecule has 182 valence electrons. The highest BCUT2D eigenvalue weighted by molar-refractivity contribution is 7.66. The molecule has 1 fully saturated rings. The quantitative estimate of drug-likeness (QED) is 0.173. The van der Waals surface area contributed by atoms with Crippen molar-refractivity contribution in [3.05, 3.63) is 35.4 Å². The van der Waals surface area contributed by atoms with E-state index in [0.29, 0.717) is 0 Å². The first kappa shape index (κ1) is 27.0. The Morgan fingerprint density at radius 2 is 1.91 bits per heavy atom. The Morgan fingerprint density at radius 1 is 1.28 bits per heavy atom. The van der Waals surface area contributed by atoms with Crippen LogP contribution in [-0.2, 0) is 31.6 Å². The molecule has 2 heterocycles. The molecule has 2 rings (SSSR count). The van der Waals surface area contributed by atoms with Crippen molar-refractivity contribution < 1.29 is 51.2 Å². The van der Waals surface area contributed by atoms with Crippen molar-refractivity contribution in [1.29, 1.82) is 0 Å². The summed E-state index contributed by atoms with van der Waals surface area (Å²) in [5.41, 5.74) is 9.01. The van der Waals surface area contributed by atoms with Gasteiger partial charge in [0.1, 0.15) is 17.6 Å². The van der Waals surface area contributed by atoms with Gasteiger partial charge in [-0.3, -0.25) is 9.09 Å². The maximum Gasteiger partial charge on any atom is 0.490 e. The van der Waals surface area contributed by atoms with Crippen LogP contribution < -0.4 is 17.2 Å². The lowest BCUT2D eigenvalue weighted by atomic mass is 9.81. The first-order valence-corrected chi connectivity index (χ1v) is 13.2. The van der Waals surface area contributed by atoms with Crippen molar-refractivity contribution >= 4 is 29.3 Å². The number of hydrogen-bond donors (Lipinski definition) is 6. The van der Waals surface area contributed by atoms with E-state index >= 15 is 0 Å². The number of phosphoric ester groups is 1. The van der Waals surface area contributed by atoms with Gasteiger partial charge in [-0.15, -0.1) is 6.58 Å². The fraction of sp³-hybridized carbons (Fsp3) is 0.538. The summed E-state index contributed by atoms with van der Waals surface area (Å²) in [6.45, 7) is 4.23. The number of anilines is 1. The lowest BCUT2D eigenvalue weighted by Gasteiger charge is -2.32. The van der Waals surface area contributed by atoms with Crippen LogP contribution in [0.2, 0.25) is 0 Å². The Morgan fingerprint density at radius 3 is 2.41 bits per heavy atom. The molecule has 0 aromatic carbocycles. The molecule has 0 aliphatic carbocycles. The third kappa shape index (κ3) is 6.41. The van der Waals surface area contributed by atoms with Crippen LogP contribution >= 0.6 is 23.5 Å². The Kier molecular flexibility index (Phi) is 8.06. The molecule has 1 aliphatic heterocycles. The second-order valence-electron chi connectivity index (χ2n) is 6.80. The summed E-state index contributed by atoms with van der Waals surface area (Å²) in [4.78, 5) is 52.0. The van der Waals surface area contributed by atoms with E-state index in [1.165, 1.54) is 18.3 Å². The molecule has 0 amide bonds. The van der Waals surface area contributed by atoms with Crippen LogP contribution in [0.1, 0.15) is 13.2 Å². The molecule has 19 heteroatoms. The predicted molar refractivity (Wildman–Crippen MR) is 107 cm³/mol. The van der Waals surface area contributed by atoms with Crippen LogP contribution in [-0.4, -0.2) is 47.9 Å². The lowest BCUT2D eigenvalue weighted by Crippen LogP contribution is -2.47. The Hall–Kier alpha value is -1.25. The fourth-order valence-electron chi connectivity index (χ4n) is 3.31. The highest BCUT2D eigenvalue weighted by Gasteiger charge is 2.53. The number of aromatic nitrogens is 2. The van der Waals surface area contributed by atoms with Crippen LogP contribution in [0.5, 0.6) is 0 Å². The lowest BCUT2D eigenvalue weighted by molar-refractivity contribution is -0.103. The monoisotopic (exact) mass is 520 g/mol. The van der Waals surface area contributed by atoms with Crippen molar-refractivity contribution in [3.8, 4) is 0 Å². The number of nitrogens with zero attached hydrogens (tertiary/aromatic N) is 2. The Balaban J connectivity index is 2.26. The summed E-state index contributed by atoms with van der Waals surface area (Å²) < 4.78 is 53.4. The summed E-state index contributed by atoms with van der Waals surface area (Å²) in [5.74, 6) is -1.16. The largest absolute Gasteiger partial charge is 0.490 e. The van der Waals surface area contributed by atoms with Crippen molar-refractivity contribution in [2.45, 2.75) is 18.8 Å². The van der Waals surface area contributed by atoms with E-state index in [-0.39, 0.29) is 12.4 Å². The number of nitrogen functional groups attached to an aromatic ring is 1. The summed E-state index contributed by atoms with van der Waals surface area (Å²) in [6, 6.07) is 1.36. The van der Waals surface area contributed by atoms with Gasteiger partial charge >= 0.3 is 29.2 Å². The number of hydrogen-bond acceptors (Lipinski definition) is 11. The average molecular weight is 520 g/mol. The number of ether oxygens (including phenoxy) is 1. The topological polar surface area (TPSA) is 256 Å². The molecular formula is C13H23N4O12P3. The van der Waals surface area contributed by atoms with Gasteiger partial charge in [0.25, 0.3) is 0 Å². The molecule has 0 spiro atoms. The van der Waals surface area contributed by atoms with Gasteiger partial charge < -0.3 is 35.8 Å². The average Bonchev–Trinajstić information content (AvgIpc) is 2.89. The van der Waals surface area contributed by atoms with Crippen molar-refractivity contribution in [1.82, 2.24) is 9.55 Å². The third-order valence-electron chi connectivity index (χ3n) is 4.59. The fourth-order valence-corrected chi connectivity index (χ4v) is 6.39. The van der Waals surface area contributed by atoms with E-state index in [0.717, 1.165) is 4.57 Å². The van der Waals surface area contributed by atoms with Gasteiger partial charge in [-0.25, -0.2) is 18.5 Å². The molecule has 6 atom stereocenters. The first-order chi connectivity index (χ1) is 14.5. The first-order valence-electron chi connectivity index (χ1n) is 8.68. The summed E-state index contributed by atoms with van der Waals surface area (Å²) in [6.07, 6.45) is 1.79. The molecule has 1 aromatic rings. The highest BCUT2D eigenvalue weighted by Crippen LogP contribution is 2.66. The van der Waals surface area contributed by atoms with Crippen molar-refractivity contribution in [3.63, 3.8) is 0 Å². The molecule has 0 bridgehead atoms. The van der Waals surface area contributed by atoms with E-state index in [1.807, 2.05) is 0 Å². The second-order valence-corrected chi connectivity index (χ2v) is 11.2. The number of phosphoric acid groups is 3. The third-order valence-corrected chi connectivity index (χ3v) is 8.37. The van der Waals surface area contributed by atoms with E-state index in [1.54, 1.807) is 6.92 Å². The maximum atomic E-state index is 12.2. The molecular weight excluding hydrogens is 497 g/mol. The van der Waals surface area contributed by atoms with Gasteiger partial charge in [-0.2, -0.15) is 13.6 Å². The molecule has 0 radical (unpaired) electrons. The molecule has 16 nitrogen and oxygen atoms in total. The van der Waals surface area contributed by atoms with Crippen LogP contribution in [0.15, 0.2) is 29.7 Å². The van der Waals surface area contributed by atoms with Gasteiger partial charge in [-0.05, 0) is 6.07 Å². The molecule has 0 saturated carbocycles. The molecule has 2 unspecified atom stereocenters. The molecule has 1 aromatic heterocycles. The van der Waals surface area contributed by atoms with Crippen LogP contribution in [0.25, 0.3) is 0 Å². The van der Waals surface area contributed by atoms with Crippen LogP contribution in [0.3, 0.4) is 0 Å². The zero-order valence-corrected chi connectivity index (χ0v) is 19.2. The van der Waals surface area contributed by atoms with Crippen molar-refractivity contribution in [2.24, 2.45) is 17.6 Å². The zero-order chi connectivity index (χ0) is 24.5. The summed E-state index contributed by atoms with van der Waals surface area (Å²) in [7, 11) is -16.7.